The first-order valence-corrected chi connectivity index (χ1v) is 12.0. The molecule has 33 heavy (non-hydrogen) atoms. The lowest BCUT2D eigenvalue weighted by Crippen LogP contribution is -2.45. The summed E-state index contributed by atoms with van der Waals surface area (Å²) in [5.41, 5.74) is 2.43. The Bertz CT molecular complexity index is 877. The normalized spacial score (nSPS) is 14.9. The van der Waals surface area contributed by atoms with Crippen LogP contribution in [0.1, 0.15) is 61.3 Å². The fraction of sp³-hybridized carbons (Fsp3) is 0.538. The van der Waals surface area contributed by atoms with Gasteiger partial charge in [-0.1, -0.05) is 44.2 Å². The third-order valence-electron chi connectivity index (χ3n) is 6.07. The van der Waals surface area contributed by atoms with E-state index in [1.54, 1.807) is 11.1 Å². The predicted molar refractivity (Wildman–Crippen MR) is 130 cm³/mol. The molecule has 1 saturated heterocycles. The van der Waals surface area contributed by atoms with Gasteiger partial charge in [0.25, 0.3) is 5.91 Å². The first-order chi connectivity index (χ1) is 15.9. The average molecular weight is 452 g/mol. The summed E-state index contributed by atoms with van der Waals surface area (Å²) in [5, 5.41) is 3.18. The number of nitrogens with one attached hydrogen (secondary N) is 1. The van der Waals surface area contributed by atoms with Gasteiger partial charge < -0.3 is 10.2 Å². The van der Waals surface area contributed by atoms with Crippen LogP contribution in [-0.4, -0.2) is 63.8 Å². The van der Waals surface area contributed by atoms with Crippen LogP contribution in [0.4, 0.5) is 0 Å². The molecule has 2 aromatic rings. The molecule has 0 saturated carbocycles. The van der Waals surface area contributed by atoms with Crippen LogP contribution in [-0.2, 0) is 11.3 Å². The Labute approximate surface area is 197 Å². The van der Waals surface area contributed by atoms with E-state index >= 15 is 0 Å². The molecule has 0 unspecified atom stereocenters. The predicted octanol–water partition coefficient (Wildman–Crippen LogP) is 3.44. The third-order valence-corrected chi connectivity index (χ3v) is 6.07. The van der Waals surface area contributed by atoms with E-state index in [0.717, 1.165) is 44.6 Å². The number of carbonyl (C=O) groups is 2. The minimum Gasteiger partial charge on any atom is -0.353 e. The monoisotopic (exact) mass is 451 g/mol. The zero-order chi connectivity index (χ0) is 23.6. The van der Waals surface area contributed by atoms with E-state index in [1.165, 1.54) is 11.8 Å². The van der Waals surface area contributed by atoms with Crippen molar-refractivity contribution >= 4 is 11.8 Å². The molecule has 1 aliphatic rings. The summed E-state index contributed by atoms with van der Waals surface area (Å²) in [4.78, 5) is 38.2. The van der Waals surface area contributed by atoms with Gasteiger partial charge in [0.2, 0.25) is 5.91 Å². The summed E-state index contributed by atoms with van der Waals surface area (Å²) in [6.07, 6.45) is 6.20. The molecule has 2 amide bonds. The molecule has 3 rings (SSSR count). The number of likely N-dealkylation sites (tertiary alicyclic amines) is 1. The quantitative estimate of drug-likeness (QED) is 0.599. The second-order valence-corrected chi connectivity index (χ2v) is 9.37. The highest BCUT2D eigenvalue weighted by molar-refractivity contribution is 5.92. The molecule has 0 atom stereocenters. The Morgan fingerprint density at radius 3 is 2.45 bits per heavy atom. The van der Waals surface area contributed by atoms with E-state index in [0.29, 0.717) is 31.1 Å². The van der Waals surface area contributed by atoms with Gasteiger partial charge >= 0.3 is 0 Å². The van der Waals surface area contributed by atoms with Crippen molar-refractivity contribution < 1.29 is 9.59 Å². The molecule has 2 heterocycles. The van der Waals surface area contributed by atoms with E-state index in [-0.39, 0.29) is 17.9 Å². The summed E-state index contributed by atoms with van der Waals surface area (Å²) in [5.74, 6) is 0.318. The van der Waals surface area contributed by atoms with Gasteiger partial charge in [0.15, 0.2) is 0 Å². The Balaban J connectivity index is 1.45. The first kappa shape index (κ1) is 24.8. The lowest BCUT2D eigenvalue weighted by Gasteiger charge is -2.32. The Hall–Kier alpha value is -2.80. The van der Waals surface area contributed by atoms with E-state index < -0.39 is 0 Å². The fourth-order valence-electron chi connectivity index (χ4n) is 4.01. The van der Waals surface area contributed by atoms with E-state index in [1.807, 2.05) is 13.0 Å². The molecule has 0 aliphatic carbocycles. The molecule has 1 aliphatic heterocycles. The van der Waals surface area contributed by atoms with Crippen molar-refractivity contribution in [3.63, 3.8) is 0 Å². The van der Waals surface area contributed by atoms with Gasteiger partial charge in [0.05, 0.1) is 11.9 Å². The molecule has 1 aromatic carbocycles. The third kappa shape index (κ3) is 8.24. The largest absolute Gasteiger partial charge is 0.353 e. The summed E-state index contributed by atoms with van der Waals surface area (Å²) < 4.78 is 0. The molecule has 1 aromatic heterocycles. The Morgan fingerprint density at radius 1 is 1.09 bits per heavy atom. The zero-order valence-corrected chi connectivity index (χ0v) is 20.2. The molecular weight excluding hydrogens is 414 g/mol. The molecule has 1 fully saturated rings. The van der Waals surface area contributed by atoms with E-state index in [4.69, 9.17) is 0 Å². The van der Waals surface area contributed by atoms with Crippen molar-refractivity contribution in [1.29, 1.82) is 0 Å². The van der Waals surface area contributed by atoms with Gasteiger partial charge in [-0.05, 0) is 37.7 Å². The maximum atomic E-state index is 12.9. The van der Waals surface area contributed by atoms with Gasteiger partial charge in [-0.15, -0.1) is 0 Å². The van der Waals surface area contributed by atoms with Gasteiger partial charge in [-0.3, -0.25) is 19.5 Å². The van der Waals surface area contributed by atoms with Crippen LogP contribution in [0.15, 0.2) is 42.7 Å². The highest BCUT2D eigenvalue weighted by Gasteiger charge is 2.22. The number of benzene rings is 1. The summed E-state index contributed by atoms with van der Waals surface area (Å²) >= 11 is 0. The fourth-order valence-corrected chi connectivity index (χ4v) is 4.01. The zero-order valence-electron chi connectivity index (χ0n) is 20.2. The molecule has 178 valence electrons. The van der Waals surface area contributed by atoms with Crippen molar-refractivity contribution in [2.24, 2.45) is 5.92 Å². The van der Waals surface area contributed by atoms with Crippen LogP contribution in [0.2, 0.25) is 0 Å². The number of piperidine rings is 1. The maximum absolute atomic E-state index is 12.9. The van der Waals surface area contributed by atoms with Crippen LogP contribution in [0, 0.1) is 12.8 Å². The minimum atomic E-state index is -0.162. The van der Waals surface area contributed by atoms with Gasteiger partial charge in [-0.2, -0.15) is 0 Å². The highest BCUT2D eigenvalue weighted by Crippen LogP contribution is 2.14. The molecule has 1 N–H and O–H groups in total. The maximum Gasteiger partial charge on any atom is 0.274 e. The summed E-state index contributed by atoms with van der Waals surface area (Å²) in [6.45, 7) is 10.0. The number of carbonyl (C=O) groups excluding carboxylic acids is 2. The van der Waals surface area contributed by atoms with Gasteiger partial charge in [0, 0.05) is 51.4 Å². The Kier molecular flexibility index (Phi) is 9.36. The first-order valence-electron chi connectivity index (χ1n) is 12.0. The van der Waals surface area contributed by atoms with Crippen molar-refractivity contribution in [2.75, 3.05) is 26.2 Å². The number of amides is 2. The molecule has 7 nitrogen and oxygen atoms in total. The van der Waals surface area contributed by atoms with Crippen molar-refractivity contribution in [3.8, 4) is 0 Å². The number of hydrogen-bond acceptors (Lipinski definition) is 5. The second-order valence-electron chi connectivity index (χ2n) is 9.37. The SMILES string of the molecule is Cc1cnc(C(=O)N(CCC(=O)NC2CCN(Cc3ccccc3)CC2)CCC(C)C)cn1. The van der Waals surface area contributed by atoms with Crippen LogP contribution < -0.4 is 5.32 Å². The van der Waals surface area contributed by atoms with Crippen LogP contribution in [0.5, 0.6) is 0 Å². The number of aryl methyl sites for hydroxylation is 1. The summed E-state index contributed by atoms with van der Waals surface area (Å²) in [6, 6.07) is 10.7. The van der Waals surface area contributed by atoms with Crippen LogP contribution in [0.25, 0.3) is 0 Å². The topological polar surface area (TPSA) is 78.4 Å². The molecule has 7 heteroatoms. The van der Waals surface area contributed by atoms with Crippen LogP contribution >= 0.6 is 0 Å². The number of nitrogens with zero attached hydrogens (tertiary/aromatic N) is 4. The smallest absolute Gasteiger partial charge is 0.274 e. The van der Waals surface area contributed by atoms with Crippen molar-refractivity contribution in [1.82, 2.24) is 25.1 Å². The lowest BCUT2D eigenvalue weighted by molar-refractivity contribution is -0.122. The van der Waals surface area contributed by atoms with E-state index in [9.17, 15) is 9.59 Å². The van der Waals surface area contributed by atoms with E-state index in [2.05, 4.69) is 58.3 Å². The molecular formula is C26H37N5O2. The van der Waals surface area contributed by atoms with Crippen molar-refractivity contribution in [3.05, 3.63) is 59.7 Å². The summed E-state index contributed by atoms with van der Waals surface area (Å²) in [7, 11) is 0. The lowest BCUT2D eigenvalue weighted by atomic mass is 10.0. The standard InChI is InChI=1S/C26H37N5O2/c1-20(2)9-15-31(26(33)24-18-27-21(3)17-28-24)16-12-25(32)29-23-10-13-30(14-11-23)19-22-7-5-4-6-8-22/h4-8,17-18,20,23H,9-16,19H2,1-3H3,(H,29,32). The molecule has 0 spiro atoms. The van der Waals surface area contributed by atoms with Gasteiger partial charge in [0.1, 0.15) is 5.69 Å². The number of rotatable bonds is 10. The minimum absolute atomic E-state index is 0.00819. The van der Waals surface area contributed by atoms with Gasteiger partial charge in [-0.25, -0.2) is 4.98 Å². The van der Waals surface area contributed by atoms with Crippen molar-refractivity contribution in [2.45, 2.75) is 59.0 Å². The average Bonchev–Trinajstić information content (AvgIpc) is 2.81. The highest BCUT2D eigenvalue weighted by atomic mass is 16.2. The molecule has 0 radical (unpaired) electrons. The van der Waals surface area contributed by atoms with Crippen LogP contribution in [0.3, 0.4) is 0 Å². The number of hydrogen-bond donors (Lipinski definition) is 1. The molecule has 0 bridgehead atoms. The number of aromatic nitrogens is 2. The Morgan fingerprint density at radius 2 is 1.82 bits per heavy atom. The second kappa shape index (κ2) is 12.4.